The quantitative estimate of drug-likeness (QED) is 0.748. The molecule has 4 rings (SSSR count). The minimum atomic E-state index is 0.0155. The first-order valence-electron chi connectivity index (χ1n) is 10.3. The van der Waals surface area contributed by atoms with Gasteiger partial charge in [0.25, 0.3) is 5.91 Å². The van der Waals surface area contributed by atoms with E-state index in [0.717, 1.165) is 49.9 Å². The highest BCUT2D eigenvalue weighted by molar-refractivity contribution is 5.93. The van der Waals surface area contributed by atoms with E-state index in [2.05, 4.69) is 34.7 Å². The lowest BCUT2D eigenvalue weighted by Gasteiger charge is -2.34. The lowest BCUT2D eigenvalue weighted by molar-refractivity contribution is 0.0622. The predicted molar refractivity (Wildman–Crippen MR) is 112 cm³/mol. The zero-order valence-electron chi connectivity index (χ0n) is 17.1. The average molecular weight is 396 g/mol. The van der Waals surface area contributed by atoms with Gasteiger partial charge in [0.15, 0.2) is 11.5 Å². The van der Waals surface area contributed by atoms with Gasteiger partial charge in [0.2, 0.25) is 6.79 Å². The van der Waals surface area contributed by atoms with E-state index in [9.17, 15) is 4.79 Å². The third-order valence-electron chi connectivity index (χ3n) is 5.59. The van der Waals surface area contributed by atoms with Crippen molar-refractivity contribution < 1.29 is 14.3 Å². The Kier molecular flexibility index (Phi) is 5.85. The summed E-state index contributed by atoms with van der Waals surface area (Å²) in [4.78, 5) is 23.8. The number of aromatic nitrogens is 1. The number of piperazine rings is 1. The standard InChI is InChI=1S/C22H28N4O3/c1-3-25(4-2)18-7-8-23-19(14-18)22(27)26-11-9-24(10-12-26)15-17-5-6-20-21(13-17)29-16-28-20/h5-8,13-14H,3-4,9-12,15-16H2,1-2H3. The minimum absolute atomic E-state index is 0.0155. The smallest absolute Gasteiger partial charge is 0.272 e. The fourth-order valence-corrected chi connectivity index (χ4v) is 3.89. The summed E-state index contributed by atoms with van der Waals surface area (Å²) in [5.41, 5.74) is 2.77. The van der Waals surface area contributed by atoms with Crippen LogP contribution in [0.4, 0.5) is 5.69 Å². The molecule has 0 radical (unpaired) electrons. The number of nitrogens with zero attached hydrogens (tertiary/aromatic N) is 4. The van der Waals surface area contributed by atoms with Gasteiger partial charge in [-0.25, -0.2) is 0 Å². The Morgan fingerprint density at radius 2 is 1.79 bits per heavy atom. The molecule has 154 valence electrons. The maximum absolute atomic E-state index is 12.9. The molecule has 1 saturated heterocycles. The fraction of sp³-hybridized carbons (Fsp3) is 0.455. The number of amides is 1. The van der Waals surface area contributed by atoms with Crippen LogP contribution in [0.2, 0.25) is 0 Å². The average Bonchev–Trinajstić information content (AvgIpc) is 3.23. The van der Waals surface area contributed by atoms with Crippen molar-refractivity contribution in [3.05, 3.63) is 47.8 Å². The number of benzene rings is 1. The Balaban J connectivity index is 1.34. The molecule has 0 unspecified atom stereocenters. The van der Waals surface area contributed by atoms with Crippen molar-refractivity contribution >= 4 is 11.6 Å². The van der Waals surface area contributed by atoms with Crippen molar-refractivity contribution in [1.29, 1.82) is 0 Å². The number of carbonyl (C=O) groups excluding carboxylic acids is 1. The maximum atomic E-state index is 12.9. The second kappa shape index (κ2) is 8.69. The molecule has 1 fully saturated rings. The lowest BCUT2D eigenvalue weighted by Crippen LogP contribution is -2.48. The van der Waals surface area contributed by atoms with Crippen molar-refractivity contribution in [2.45, 2.75) is 20.4 Å². The van der Waals surface area contributed by atoms with Crippen LogP contribution in [0.3, 0.4) is 0 Å². The molecule has 2 aromatic rings. The molecular weight excluding hydrogens is 368 g/mol. The molecule has 7 nitrogen and oxygen atoms in total. The van der Waals surface area contributed by atoms with E-state index in [1.54, 1.807) is 6.20 Å². The summed E-state index contributed by atoms with van der Waals surface area (Å²) in [7, 11) is 0. The molecule has 2 aliphatic heterocycles. The van der Waals surface area contributed by atoms with Crippen LogP contribution in [-0.2, 0) is 6.54 Å². The van der Waals surface area contributed by atoms with Gasteiger partial charge in [-0.3, -0.25) is 14.7 Å². The SMILES string of the molecule is CCN(CC)c1ccnc(C(=O)N2CCN(Cc3ccc4c(c3)OCO4)CC2)c1. The first-order valence-corrected chi connectivity index (χ1v) is 10.3. The first kappa shape index (κ1) is 19.5. The van der Waals surface area contributed by atoms with Crippen molar-refractivity contribution in [2.75, 3.05) is 51.0 Å². The summed E-state index contributed by atoms with van der Waals surface area (Å²) in [5.74, 6) is 1.64. The highest BCUT2D eigenvalue weighted by Gasteiger charge is 2.24. The molecule has 1 aromatic heterocycles. The second-order valence-corrected chi connectivity index (χ2v) is 7.33. The summed E-state index contributed by atoms with van der Waals surface area (Å²) in [6.07, 6.45) is 1.73. The Hall–Kier alpha value is -2.80. The Labute approximate surface area is 171 Å². The summed E-state index contributed by atoms with van der Waals surface area (Å²) >= 11 is 0. The van der Waals surface area contributed by atoms with Crippen molar-refractivity contribution in [1.82, 2.24) is 14.8 Å². The number of anilines is 1. The third-order valence-corrected chi connectivity index (χ3v) is 5.59. The van der Waals surface area contributed by atoms with Gasteiger partial charge >= 0.3 is 0 Å². The normalized spacial score (nSPS) is 16.1. The number of hydrogen-bond acceptors (Lipinski definition) is 6. The molecule has 0 atom stereocenters. The number of carbonyl (C=O) groups is 1. The molecule has 0 bridgehead atoms. The van der Waals surface area contributed by atoms with Gasteiger partial charge < -0.3 is 19.3 Å². The Morgan fingerprint density at radius 1 is 1.03 bits per heavy atom. The number of ether oxygens (including phenoxy) is 2. The van der Waals surface area contributed by atoms with Crippen LogP contribution < -0.4 is 14.4 Å². The molecule has 2 aliphatic rings. The van der Waals surface area contributed by atoms with Crippen LogP contribution in [0.25, 0.3) is 0 Å². The number of rotatable bonds is 6. The monoisotopic (exact) mass is 396 g/mol. The highest BCUT2D eigenvalue weighted by Crippen LogP contribution is 2.32. The molecule has 7 heteroatoms. The molecular formula is C22H28N4O3. The second-order valence-electron chi connectivity index (χ2n) is 7.33. The first-order chi connectivity index (χ1) is 14.2. The van der Waals surface area contributed by atoms with Crippen LogP contribution in [0, 0.1) is 0 Å². The van der Waals surface area contributed by atoms with Gasteiger partial charge in [-0.2, -0.15) is 0 Å². The van der Waals surface area contributed by atoms with Crippen LogP contribution in [0.5, 0.6) is 11.5 Å². The van der Waals surface area contributed by atoms with Crippen LogP contribution >= 0.6 is 0 Å². The van der Waals surface area contributed by atoms with E-state index in [4.69, 9.17) is 9.47 Å². The predicted octanol–water partition coefficient (Wildman–Crippen LogP) is 2.61. The molecule has 1 aromatic carbocycles. The highest BCUT2D eigenvalue weighted by atomic mass is 16.7. The van der Waals surface area contributed by atoms with Gasteiger partial charge in [-0.05, 0) is 43.7 Å². The molecule has 0 spiro atoms. The van der Waals surface area contributed by atoms with Gasteiger partial charge in [-0.15, -0.1) is 0 Å². The summed E-state index contributed by atoms with van der Waals surface area (Å²) in [6, 6.07) is 9.96. The van der Waals surface area contributed by atoms with E-state index >= 15 is 0 Å². The maximum Gasteiger partial charge on any atom is 0.272 e. The topological polar surface area (TPSA) is 58.1 Å². The van der Waals surface area contributed by atoms with Crippen LogP contribution in [0.15, 0.2) is 36.5 Å². The number of hydrogen-bond donors (Lipinski definition) is 0. The van der Waals surface area contributed by atoms with E-state index in [1.165, 1.54) is 5.56 Å². The zero-order chi connectivity index (χ0) is 20.2. The van der Waals surface area contributed by atoms with Crippen LogP contribution in [-0.4, -0.2) is 66.8 Å². The molecule has 0 N–H and O–H groups in total. The van der Waals surface area contributed by atoms with Crippen molar-refractivity contribution in [2.24, 2.45) is 0 Å². The largest absolute Gasteiger partial charge is 0.454 e. The summed E-state index contributed by atoms with van der Waals surface area (Å²) in [5, 5.41) is 0. The minimum Gasteiger partial charge on any atom is -0.454 e. The van der Waals surface area contributed by atoms with E-state index in [1.807, 2.05) is 29.2 Å². The van der Waals surface area contributed by atoms with Gasteiger partial charge in [0, 0.05) is 57.7 Å². The lowest BCUT2D eigenvalue weighted by atomic mass is 10.1. The number of fused-ring (bicyclic) bond motifs is 1. The Morgan fingerprint density at radius 3 is 2.55 bits per heavy atom. The van der Waals surface area contributed by atoms with E-state index < -0.39 is 0 Å². The van der Waals surface area contributed by atoms with Crippen molar-refractivity contribution in [3.8, 4) is 11.5 Å². The molecule has 1 amide bonds. The number of pyridine rings is 1. The fourth-order valence-electron chi connectivity index (χ4n) is 3.89. The summed E-state index contributed by atoms with van der Waals surface area (Å²) in [6.45, 7) is 10.3. The van der Waals surface area contributed by atoms with Crippen molar-refractivity contribution in [3.63, 3.8) is 0 Å². The van der Waals surface area contributed by atoms with Crippen LogP contribution in [0.1, 0.15) is 29.9 Å². The molecule has 0 saturated carbocycles. The van der Waals surface area contributed by atoms with Gasteiger partial charge in [0.05, 0.1) is 0 Å². The Bertz CT molecular complexity index is 861. The zero-order valence-corrected chi connectivity index (χ0v) is 17.1. The van der Waals surface area contributed by atoms with Gasteiger partial charge in [0.1, 0.15) is 5.69 Å². The third kappa shape index (κ3) is 4.29. The molecule has 29 heavy (non-hydrogen) atoms. The summed E-state index contributed by atoms with van der Waals surface area (Å²) < 4.78 is 10.8. The van der Waals surface area contributed by atoms with E-state index in [0.29, 0.717) is 25.6 Å². The molecule has 3 heterocycles. The van der Waals surface area contributed by atoms with Gasteiger partial charge in [-0.1, -0.05) is 6.07 Å². The van der Waals surface area contributed by atoms with E-state index in [-0.39, 0.29) is 5.91 Å². The molecule has 0 aliphatic carbocycles.